The molecule has 0 radical (unpaired) electrons. The molecule has 2 rings (SSSR count). The summed E-state index contributed by atoms with van der Waals surface area (Å²) in [6.45, 7) is 3.64. The molecule has 0 N–H and O–H groups in total. The first kappa shape index (κ1) is 14.0. The maximum absolute atomic E-state index is 12.1. The largest absolute Gasteiger partial charge is 0.463 e. The van der Waals surface area contributed by atoms with E-state index >= 15 is 0 Å². The van der Waals surface area contributed by atoms with E-state index in [9.17, 15) is 9.59 Å². The van der Waals surface area contributed by atoms with Crippen LogP contribution in [0.4, 0.5) is 0 Å². The third-order valence-corrected chi connectivity index (χ3v) is 4.00. The smallest absolute Gasteiger partial charge is 0.335 e. The number of benzene rings is 1. The molecule has 19 heavy (non-hydrogen) atoms. The molecule has 0 heterocycles. The average Bonchev–Trinajstić information content (AvgIpc) is 2.63. The topological polar surface area (TPSA) is 43.4 Å². The van der Waals surface area contributed by atoms with Crippen molar-refractivity contribution in [3.05, 3.63) is 41.0 Å². The van der Waals surface area contributed by atoms with Crippen molar-refractivity contribution >= 4 is 32.2 Å². The minimum Gasteiger partial charge on any atom is -0.463 e. The number of carbonyl (C=O) groups excluding carboxylic acids is 2. The van der Waals surface area contributed by atoms with Gasteiger partial charge in [-0.15, -0.1) is 0 Å². The van der Waals surface area contributed by atoms with Crippen LogP contribution < -0.4 is 0 Å². The Labute approximate surface area is 120 Å². The van der Waals surface area contributed by atoms with E-state index in [1.165, 1.54) is 6.92 Å². The Kier molecular flexibility index (Phi) is 4.20. The summed E-state index contributed by atoms with van der Waals surface area (Å²) < 4.78 is 5.84. The molecule has 1 unspecified atom stereocenters. The highest BCUT2D eigenvalue weighted by Gasteiger charge is 2.35. The van der Waals surface area contributed by atoms with Crippen LogP contribution in [0.25, 0.3) is 4.48 Å². The zero-order chi connectivity index (χ0) is 14.0. The second kappa shape index (κ2) is 5.70. The molecule has 1 atom stereocenters. The molecule has 0 aliphatic heterocycles. The van der Waals surface area contributed by atoms with Crippen LogP contribution in [-0.4, -0.2) is 18.4 Å². The van der Waals surface area contributed by atoms with Crippen molar-refractivity contribution in [1.82, 2.24) is 0 Å². The van der Waals surface area contributed by atoms with Crippen LogP contribution in [0, 0.1) is 0 Å². The Hall–Kier alpha value is -1.42. The van der Waals surface area contributed by atoms with E-state index < -0.39 is 0 Å². The van der Waals surface area contributed by atoms with Crippen molar-refractivity contribution in [2.75, 3.05) is 6.61 Å². The molecule has 100 valence electrons. The number of fused-ring (bicyclic) bond motifs is 1. The van der Waals surface area contributed by atoms with E-state index in [0.717, 1.165) is 15.6 Å². The van der Waals surface area contributed by atoms with Gasteiger partial charge in [0.05, 0.1) is 12.2 Å². The van der Waals surface area contributed by atoms with Gasteiger partial charge in [-0.1, -0.05) is 24.3 Å². The van der Waals surface area contributed by atoms with Crippen LogP contribution in [0.2, 0.25) is 0 Å². The van der Waals surface area contributed by atoms with Crippen molar-refractivity contribution in [1.29, 1.82) is 0 Å². The van der Waals surface area contributed by atoms with Gasteiger partial charge in [-0.3, -0.25) is 4.79 Å². The monoisotopic (exact) mass is 322 g/mol. The van der Waals surface area contributed by atoms with Gasteiger partial charge in [0.25, 0.3) is 0 Å². The molecule has 1 aromatic carbocycles. The van der Waals surface area contributed by atoms with Gasteiger partial charge in [-0.2, -0.15) is 0 Å². The van der Waals surface area contributed by atoms with E-state index in [2.05, 4.69) is 15.9 Å². The first-order chi connectivity index (χ1) is 9.06. The lowest BCUT2D eigenvalue weighted by molar-refractivity contribution is -0.138. The molecule has 0 saturated heterocycles. The number of rotatable bonds is 4. The van der Waals surface area contributed by atoms with E-state index in [4.69, 9.17) is 4.74 Å². The summed E-state index contributed by atoms with van der Waals surface area (Å²) in [5.41, 5.74) is 2.53. The highest BCUT2D eigenvalue weighted by atomic mass is 79.9. The molecule has 1 aromatic rings. The lowest BCUT2D eigenvalue weighted by Gasteiger charge is -2.14. The van der Waals surface area contributed by atoms with Crippen LogP contribution in [0.1, 0.15) is 37.3 Å². The molecule has 1 aliphatic carbocycles. The molecule has 0 amide bonds. The fourth-order valence-electron chi connectivity index (χ4n) is 2.39. The molecule has 0 fully saturated rings. The highest BCUT2D eigenvalue weighted by Crippen LogP contribution is 2.46. The van der Waals surface area contributed by atoms with Crippen molar-refractivity contribution in [2.24, 2.45) is 0 Å². The summed E-state index contributed by atoms with van der Waals surface area (Å²) in [6, 6.07) is 7.73. The van der Waals surface area contributed by atoms with Crippen LogP contribution in [0.5, 0.6) is 0 Å². The summed E-state index contributed by atoms with van der Waals surface area (Å²) in [5.74, 6) is -0.497. The van der Waals surface area contributed by atoms with Gasteiger partial charge in [0, 0.05) is 16.8 Å². The first-order valence-corrected chi connectivity index (χ1v) is 7.01. The second-order valence-electron chi connectivity index (χ2n) is 4.49. The third-order valence-electron chi connectivity index (χ3n) is 3.14. The molecule has 0 spiro atoms. The Bertz CT molecular complexity index is 560. The zero-order valence-corrected chi connectivity index (χ0v) is 12.5. The fraction of sp³-hybridized carbons (Fsp3) is 0.333. The lowest BCUT2D eigenvalue weighted by Crippen LogP contribution is -2.14. The number of Topliss-reactive ketones (excluding diaryl/α,β-unsaturated/α-hetero) is 1. The number of halogens is 1. The van der Waals surface area contributed by atoms with Crippen molar-refractivity contribution in [2.45, 2.75) is 26.2 Å². The number of hydrogen-bond acceptors (Lipinski definition) is 3. The van der Waals surface area contributed by atoms with Crippen LogP contribution in [0.3, 0.4) is 0 Å². The Balaban J connectivity index is 2.47. The number of hydrogen-bond donors (Lipinski definition) is 0. The maximum atomic E-state index is 12.1. The molecule has 3 nitrogen and oxygen atoms in total. The molecule has 0 saturated carbocycles. The first-order valence-electron chi connectivity index (χ1n) is 6.21. The van der Waals surface area contributed by atoms with Gasteiger partial charge in [0.15, 0.2) is 0 Å². The Morgan fingerprint density at radius 1 is 1.32 bits per heavy atom. The van der Waals surface area contributed by atoms with Crippen LogP contribution in [-0.2, 0) is 14.3 Å². The fourth-order valence-corrected chi connectivity index (χ4v) is 3.19. The second-order valence-corrected chi connectivity index (χ2v) is 5.29. The molecular formula is C15H15BrO3. The number of ether oxygens (including phenoxy) is 1. The van der Waals surface area contributed by atoms with Crippen molar-refractivity contribution < 1.29 is 14.3 Å². The standard InChI is InChI=1S/C15H15BrO3/c1-3-19-15(18)13-12(8-9(2)17)10-6-4-5-7-11(10)14(13)16/h4-7,12H,3,8H2,1-2H3. The summed E-state index contributed by atoms with van der Waals surface area (Å²) in [4.78, 5) is 23.5. The van der Waals surface area contributed by atoms with Crippen LogP contribution >= 0.6 is 15.9 Å². The van der Waals surface area contributed by atoms with Crippen molar-refractivity contribution in [3.63, 3.8) is 0 Å². The van der Waals surface area contributed by atoms with E-state index in [1.54, 1.807) is 6.92 Å². The summed E-state index contributed by atoms with van der Waals surface area (Å²) in [6.07, 6.45) is 0.320. The molecular weight excluding hydrogens is 308 g/mol. The van der Waals surface area contributed by atoms with Gasteiger partial charge < -0.3 is 4.74 Å². The molecule has 0 bridgehead atoms. The number of esters is 1. The van der Waals surface area contributed by atoms with Crippen molar-refractivity contribution in [3.8, 4) is 0 Å². The third kappa shape index (κ3) is 2.63. The van der Waals surface area contributed by atoms with Gasteiger partial charge in [0.1, 0.15) is 5.78 Å². The minimum atomic E-state index is -0.350. The number of ketones is 1. The predicted molar refractivity (Wildman–Crippen MR) is 77.0 cm³/mol. The quantitative estimate of drug-likeness (QED) is 0.797. The predicted octanol–water partition coefficient (Wildman–Crippen LogP) is 3.43. The Morgan fingerprint density at radius 3 is 2.63 bits per heavy atom. The maximum Gasteiger partial charge on any atom is 0.335 e. The molecule has 0 aromatic heterocycles. The van der Waals surface area contributed by atoms with E-state index in [0.29, 0.717) is 18.6 Å². The molecule has 4 heteroatoms. The van der Waals surface area contributed by atoms with Gasteiger partial charge in [-0.05, 0) is 40.9 Å². The SMILES string of the molecule is CCOC(=O)C1=C(Br)c2ccccc2C1CC(C)=O. The number of carbonyl (C=O) groups is 2. The highest BCUT2D eigenvalue weighted by molar-refractivity contribution is 9.15. The normalized spacial score (nSPS) is 17.3. The Morgan fingerprint density at radius 2 is 2.00 bits per heavy atom. The summed E-state index contributed by atoms with van der Waals surface area (Å²) in [7, 11) is 0. The van der Waals surface area contributed by atoms with E-state index in [-0.39, 0.29) is 17.7 Å². The minimum absolute atomic E-state index is 0.0591. The van der Waals surface area contributed by atoms with E-state index in [1.807, 2.05) is 24.3 Å². The van der Waals surface area contributed by atoms with Crippen LogP contribution in [0.15, 0.2) is 29.8 Å². The van der Waals surface area contributed by atoms with Gasteiger partial charge in [-0.25, -0.2) is 4.79 Å². The average molecular weight is 323 g/mol. The van der Waals surface area contributed by atoms with Gasteiger partial charge in [0.2, 0.25) is 0 Å². The summed E-state index contributed by atoms with van der Waals surface area (Å²) >= 11 is 3.47. The molecule has 1 aliphatic rings. The van der Waals surface area contributed by atoms with Gasteiger partial charge >= 0.3 is 5.97 Å². The zero-order valence-electron chi connectivity index (χ0n) is 10.9. The lowest BCUT2D eigenvalue weighted by atomic mass is 9.91. The summed E-state index contributed by atoms with van der Waals surface area (Å²) in [5, 5.41) is 0.